The molecule has 0 N–H and O–H groups in total. The molecule has 0 fully saturated rings. The summed E-state index contributed by atoms with van der Waals surface area (Å²) in [5.41, 5.74) is 2.19. The quantitative estimate of drug-likeness (QED) is 0.614. The molecule has 0 radical (unpaired) electrons. The molecule has 0 aromatic heterocycles. The second kappa shape index (κ2) is 3.27. The Kier molecular flexibility index (Phi) is 2.12. The van der Waals surface area contributed by atoms with E-state index in [-0.39, 0.29) is 0 Å². The van der Waals surface area contributed by atoms with Crippen LogP contribution in [0.5, 0.6) is 0 Å². The Hall–Kier alpha value is -1.20. The Bertz CT molecular complexity index is 401. The fraction of sp³-hybridized carbons (Fsp3) is 0.0909. The van der Waals surface area contributed by atoms with Gasteiger partial charge in [-0.3, -0.25) is 0 Å². The second-order valence-electron chi connectivity index (χ2n) is 3.04. The van der Waals surface area contributed by atoms with Gasteiger partial charge in [0.15, 0.2) is 5.82 Å². The van der Waals surface area contributed by atoms with Crippen LogP contribution in [0, 0.1) is 0 Å². The van der Waals surface area contributed by atoms with Gasteiger partial charge in [0.05, 0.1) is 0 Å². The molecule has 0 saturated heterocycles. The molecule has 0 bridgehead atoms. The van der Waals surface area contributed by atoms with Crippen LogP contribution in [0.3, 0.4) is 0 Å². The first-order chi connectivity index (χ1) is 6.29. The van der Waals surface area contributed by atoms with Crippen molar-refractivity contribution in [1.29, 1.82) is 0 Å². The highest BCUT2D eigenvalue weighted by Gasteiger charge is 2.28. The fourth-order valence-electron chi connectivity index (χ4n) is 1.46. The molecule has 13 heavy (non-hydrogen) atoms. The molecule has 0 aliphatic carbocycles. The molecule has 1 nitrogen and oxygen atoms in total. The molecule has 1 heterocycles. The van der Waals surface area contributed by atoms with E-state index in [1.54, 1.807) is 5.82 Å². The molecule has 1 aromatic carbocycles. The van der Waals surface area contributed by atoms with E-state index in [0.29, 0.717) is 0 Å². The molecule has 0 saturated carbocycles. The van der Waals surface area contributed by atoms with Gasteiger partial charge in [-0.05, 0) is 13.0 Å². The number of benzene rings is 1. The standard InChI is InChI=1S/C11H10OP/c1-9-7-8-13(12)11(9)10-5-3-2-4-6-10/h2-8H,1H3/q+1. The first kappa shape index (κ1) is 8.40. The van der Waals surface area contributed by atoms with Crippen LogP contribution in [0.4, 0.5) is 0 Å². The van der Waals surface area contributed by atoms with Gasteiger partial charge < -0.3 is 0 Å². The topological polar surface area (TPSA) is 17.1 Å². The van der Waals surface area contributed by atoms with Crippen molar-refractivity contribution in [3.8, 4) is 0 Å². The number of hydrogen-bond donors (Lipinski definition) is 0. The van der Waals surface area contributed by atoms with Gasteiger partial charge in [0, 0.05) is 11.1 Å². The molecular weight excluding hydrogens is 179 g/mol. The minimum absolute atomic E-state index is 0.982. The van der Waals surface area contributed by atoms with Crippen molar-refractivity contribution in [3.05, 3.63) is 53.4 Å². The molecule has 1 aromatic rings. The summed E-state index contributed by atoms with van der Waals surface area (Å²) >= 11 is 0. The highest BCUT2D eigenvalue weighted by atomic mass is 31.1. The predicted molar refractivity (Wildman–Crippen MR) is 55.8 cm³/mol. The summed E-state index contributed by atoms with van der Waals surface area (Å²) < 4.78 is 11.6. The van der Waals surface area contributed by atoms with E-state index in [9.17, 15) is 4.57 Å². The van der Waals surface area contributed by atoms with Gasteiger partial charge in [-0.1, -0.05) is 34.9 Å². The van der Waals surface area contributed by atoms with Crippen LogP contribution in [0.1, 0.15) is 12.5 Å². The molecule has 1 aliphatic heterocycles. The van der Waals surface area contributed by atoms with Crippen LogP contribution in [0.25, 0.3) is 5.31 Å². The van der Waals surface area contributed by atoms with Crippen LogP contribution in [-0.4, -0.2) is 0 Å². The first-order valence-corrected chi connectivity index (χ1v) is 5.53. The Morgan fingerprint density at radius 2 is 1.85 bits per heavy atom. The second-order valence-corrected chi connectivity index (χ2v) is 4.44. The van der Waals surface area contributed by atoms with Crippen molar-refractivity contribution in [3.63, 3.8) is 0 Å². The smallest absolute Gasteiger partial charge is 0.0622 e. The van der Waals surface area contributed by atoms with Crippen molar-refractivity contribution in [2.24, 2.45) is 0 Å². The van der Waals surface area contributed by atoms with Crippen molar-refractivity contribution in [1.82, 2.24) is 0 Å². The van der Waals surface area contributed by atoms with Crippen molar-refractivity contribution in [2.75, 3.05) is 0 Å². The zero-order valence-corrected chi connectivity index (χ0v) is 8.29. The lowest BCUT2D eigenvalue weighted by molar-refractivity contribution is 0.598. The number of hydrogen-bond acceptors (Lipinski definition) is 1. The van der Waals surface area contributed by atoms with E-state index in [2.05, 4.69) is 0 Å². The van der Waals surface area contributed by atoms with Crippen molar-refractivity contribution >= 4 is 13.1 Å². The minimum Gasteiger partial charge on any atom is -0.0622 e. The highest BCUT2D eigenvalue weighted by molar-refractivity contribution is 7.60. The monoisotopic (exact) mass is 189 g/mol. The minimum atomic E-state index is -1.30. The summed E-state index contributed by atoms with van der Waals surface area (Å²) in [6, 6.07) is 9.90. The van der Waals surface area contributed by atoms with Crippen LogP contribution in [-0.2, 0) is 4.57 Å². The summed E-state index contributed by atoms with van der Waals surface area (Å²) in [4.78, 5) is 0. The third-order valence-corrected chi connectivity index (χ3v) is 3.57. The maximum Gasteiger partial charge on any atom is 0.408 e. The van der Waals surface area contributed by atoms with Crippen LogP contribution in [0.15, 0.2) is 47.8 Å². The summed E-state index contributed by atoms with van der Waals surface area (Å²) in [5, 5.41) is 0.982. The van der Waals surface area contributed by atoms with E-state index in [1.807, 2.05) is 43.3 Å². The maximum atomic E-state index is 11.6. The van der Waals surface area contributed by atoms with Crippen molar-refractivity contribution in [2.45, 2.75) is 6.92 Å². The van der Waals surface area contributed by atoms with Crippen LogP contribution >= 0.6 is 7.80 Å². The number of rotatable bonds is 1. The first-order valence-electron chi connectivity index (χ1n) is 4.20. The van der Waals surface area contributed by atoms with Crippen molar-refractivity contribution < 1.29 is 4.57 Å². The normalized spacial score (nSPS) is 18.4. The Morgan fingerprint density at radius 3 is 2.38 bits per heavy atom. The molecule has 1 aliphatic rings. The summed E-state index contributed by atoms with van der Waals surface area (Å²) in [5.74, 6) is 1.77. The third-order valence-electron chi connectivity index (χ3n) is 2.10. The van der Waals surface area contributed by atoms with Gasteiger partial charge in [-0.2, -0.15) is 0 Å². The summed E-state index contributed by atoms with van der Waals surface area (Å²) in [7, 11) is -1.30. The lowest BCUT2D eigenvalue weighted by atomic mass is 10.1. The molecular formula is C11H10OP+. The molecule has 0 spiro atoms. The summed E-state index contributed by atoms with van der Waals surface area (Å²) in [6.45, 7) is 2.00. The molecule has 2 rings (SSSR count). The Morgan fingerprint density at radius 1 is 1.15 bits per heavy atom. The molecule has 64 valence electrons. The van der Waals surface area contributed by atoms with Gasteiger partial charge in [0.2, 0.25) is 5.31 Å². The average Bonchev–Trinajstić information content (AvgIpc) is 2.48. The molecule has 2 heteroatoms. The fourth-order valence-corrected chi connectivity index (χ4v) is 2.79. The SMILES string of the molecule is CC1=C(c2ccccc2)[P+](=O)C=C1. The van der Waals surface area contributed by atoms with Gasteiger partial charge in [0.1, 0.15) is 0 Å². The maximum absolute atomic E-state index is 11.6. The van der Waals surface area contributed by atoms with Gasteiger partial charge >= 0.3 is 7.80 Å². The Balaban J connectivity index is 2.50. The zero-order valence-electron chi connectivity index (χ0n) is 7.40. The molecule has 0 amide bonds. The summed E-state index contributed by atoms with van der Waals surface area (Å²) in [6.07, 6.45) is 1.93. The highest BCUT2D eigenvalue weighted by Crippen LogP contribution is 2.48. The lowest BCUT2D eigenvalue weighted by Gasteiger charge is -1.93. The van der Waals surface area contributed by atoms with Crippen LogP contribution < -0.4 is 0 Å². The van der Waals surface area contributed by atoms with Gasteiger partial charge in [-0.25, -0.2) is 0 Å². The average molecular weight is 189 g/mol. The van der Waals surface area contributed by atoms with Gasteiger partial charge in [-0.15, -0.1) is 0 Å². The van der Waals surface area contributed by atoms with Gasteiger partial charge in [0.25, 0.3) is 0 Å². The van der Waals surface area contributed by atoms with E-state index < -0.39 is 7.80 Å². The largest absolute Gasteiger partial charge is 0.408 e. The Labute approximate surface area is 78.6 Å². The lowest BCUT2D eigenvalue weighted by Crippen LogP contribution is -1.78. The number of allylic oxidation sites excluding steroid dienone is 2. The van der Waals surface area contributed by atoms with E-state index in [4.69, 9.17) is 0 Å². The molecule has 1 atom stereocenters. The zero-order chi connectivity index (χ0) is 9.26. The van der Waals surface area contributed by atoms with E-state index in [1.165, 1.54) is 0 Å². The molecule has 1 unspecified atom stereocenters. The predicted octanol–water partition coefficient (Wildman–Crippen LogP) is 3.77. The van der Waals surface area contributed by atoms with E-state index >= 15 is 0 Å². The third kappa shape index (κ3) is 1.48. The van der Waals surface area contributed by atoms with E-state index in [0.717, 1.165) is 16.5 Å². The van der Waals surface area contributed by atoms with Crippen LogP contribution in [0.2, 0.25) is 0 Å².